The number of hydrogen-bond donors (Lipinski definition) is 0. The molecule has 2 rings (SSSR count). The third kappa shape index (κ3) is 3.83. The van der Waals surface area contributed by atoms with E-state index in [1.54, 1.807) is 0 Å². The molecule has 0 aromatic heterocycles. The Balaban J connectivity index is 2.43. The van der Waals surface area contributed by atoms with Gasteiger partial charge in [0.05, 0.1) is 33.1 Å². The van der Waals surface area contributed by atoms with Gasteiger partial charge >= 0.3 is 0 Å². The Morgan fingerprint density at radius 2 is 1.16 bits per heavy atom. The van der Waals surface area contributed by atoms with Gasteiger partial charge in [0.2, 0.25) is 0 Å². The molecule has 0 N–H and O–H groups in total. The third-order valence-corrected chi connectivity index (χ3v) is 3.33. The summed E-state index contributed by atoms with van der Waals surface area (Å²) in [7, 11) is 0. The predicted molar refractivity (Wildman–Crippen MR) is 86.3 cm³/mol. The van der Waals surface area contributed by atoms with Crippen molar-refractivity contribution in [2.45, 2.75) is 13.8 Å². The molecule has 9 heteroatoms. The highest BCUT2D eigenvalue weighted by Crippen LogP contribution is 2.31. The number of ether oxygens (including phenoxy) is 1. The van der Waals surface area contributed by atoms with E-state index in [1.807, 2.05) is 0 Å². The van der Waals surface area contributed by atoms with Crippen LogP contribution in [-0.2, 0) is 0 Å². The van der Waals surface area contributed by atoms with Gasteiger partial charge in [0.15, 0.2) is 11.6 Å². The van der Waals surface area contributed by atoms with Crippen molar-refractivity contribution in [2.75, 3.05) is 0 Å². The van der Waals surface area contributed by atoms with E-state index in [0.717, 1.165) is 12.1 Å². The van der Waals surface area contributed by atoms with Gasteiger partial charge in [-0.3, -0.25) is 29.8 Å². The summed E-state index contributed by atoms with van der Waals surface area (Å²) in [4.78, 5) is 43.5. The minimum absolute atomic E-state index is 0.0292. The van der Waals surface area contributed by atoms with Crippen LogP contribution in [0.2, 0.25) is 0 Å². The molecule has 0 radical (unpaired) electrons. The molecule has 0 heterocycles. The first-order valence-electron chi connectivity index (χ1n) is 6.97. The van der Waals surface area contributed by atoms with Crippen LogP contribution in [0.25, 0.3) is 0 Å². The number of hydrogen-bond acceptors (Lipinski definition) is 7. The number of nitrogens with zero attached hydrogens (tertiary/aromatic N) is 2. The Bertz CT molecular complexity index is 832. The molecule has 0 aliphatic heterocycles. The van der Waals surface area contributed by atoms with Gasteiger partial charge in [-0.15, -0.1) is 0 Å². The second-order valence-corrected chi connectivity index (χ2v) is 5.09. The van der Waals surface area contributed by atoms with Crippen LogP contribution in [-0.4, -0.2) is 21.4 Å². The highest BCUT2D eigenvalue weighted by molar-refractivity contribution is 5.98. The molecule has 0 aliphatic rings. The average Bonchev–Trinajstić information content (AvgIpc) is 2.54. The Kier molecular flexibility index (Phi) is 4.87. The molecule has 0 saturated heterocycles. The van der Waals surface area contributed by atoms with Gasteiger partial charge in [-0.05, 0) is 38.1 Å². The Hall–Kier alpha value is -3.62. The lowest BCUT2D eigenvalue weighted by Crippen LogP contribution is -2.01. The maximum atomic E-state index is 11.4. The van der Waals surface area contributed by atoms with Crippen LogP contribution in [0.3, 0.4) is 0 Å². The summed E-state index contributed by atoms with van der Waals surface area (Å²) in [5, 5.41) is 22.1. The van der Waals surface area contributed by atoms with Gasteiger partial charge in [0, 0.05) is 0 Å². The van der Waals surface area contributed by atoms with E-state index in [9.17, 15) is 29.8 Å². The van der Waals surface area contributed by atoms with E-state index in [-0.39, 0.29) is 22.6 Å². The number of benzene rings is 2. The maximum absolute atomic E-state index is 11.4. The van der Waals surface area contributed by atoms with Gasteiger partial charge in [-0.1, -0.05) is 0 Å². The first-order valence-corrected chi connectivity index (χ1v) is 6.97. The summed E-state index contributed by atoms with van der Waals surface area (Å²) >= 11 is 0. The molecule has 128 valence electrons. The average molecular weight is 344 g/mol. The van der Waals surface area contributed by atoms with E-state index in [0.29, 0.717) is 0 Å². The van der Waals surface area contributed by atoms with Crippen molar-refractivity contribution in [1.29, 1.82) is 0 Å². The molecule has 0 unspecified atom stereocenters. The third-order valence-electron chi connectivity index (χ3n) is 3.33. The van der Waals surface area contributed by atoms with Crippen LogP contribution in [0.15, 0.2) is 36.4 Å². The fraction of sp³-hybridized carbons (Fsp3) is 0.125. The Labute approximate surface area is 141 Å². The van der Waals surface area contributed by atoms with E-state index in [2.05, 4.69) is 0 Å². The normalized spacial score (nSPS) is 10.2. The number of nitro groups is 2. The standard InChI is InChI=1S/C16H12N2O7/c1-9(19)13-5-3-11(7-15(13)17(21)22)25-12-4-6-14(10(2)20)16(8-12)18(23)24/h3-8H,1-2H3. The summed E-state index contributed by atoms with van der Waals surface area (Å²) in [5.74, 6) is -0.887. The van der Waals surface area contributed by atoms with Crippen molar-refractivity contribution in [3.8, 4) is 11.5 Å². The van der Waals surface area contributed by atoms with Crippen LogP contribution in [0.5, 0.6) is 11.5 Å². The summed E-state index contributed by atoms with van der Waals surface area (Å²) < 4.78 is 5.40. The zero-order valence-corrected chi connectivity index (χ0v) is 13.2. The van der Waals surface area contributed by atoms with Crippen LogP contribution >= 0.6 is 0 Å². The number of ketones is 2. The minimum Gasteiger partial charge on any atom is -0.457 e. The Morgan fingerprint density at radius 1 is 0.800 bits per heavy atom. The molecule has 0 aliphatic carbocycles. The number of Topliss-reactive ketones (excluding diaryl/α,β-unsaturated/α-hetero) is 2. The first kappa shape index (κ1) is 17.7. The van der Waals surface area contributed by atoms with Gasteiger partial charge in [0.25, 0.3) is 11.4 Å². The first-order chi connectivity index (χ1) is 11.7. The second-order valence-electron chi connectivity index (χ2n) is 5.09. The summed E-state index contributed by atoms with van der Waals surface area (Å²) in [6.07, 6.45) is 0. The van der Waals surface area contributed by atoms with Crippen molar-refractivity contribution in [3.05, 3.63) is 67.8 Å². The molecule has 0 atom stereocenters. The summed E-state index contributed by atoms with van der Waals surface area (Å²) in [6.45, 7) is 2.40. The molecule has 0 saturated carbocycles. The molecular formula is C16H12N2O7. The molecule has 0 amide bonds. The molecule has 2 aromatic carbocycles. The second kappa shape index (κ2) is 6.87. The lowest BCUT2D eigenvalue weighted by Gasteiger charge is -2.08. The Morgan fingerprint density at radius 3 is 1.44 bits per heavy atom. The SMILES string of the molecule is CC(=O)c1ccc(Oc2ccc(C(C)=O)c([N+](=O)[O-])c2)cc1[N+](=O)[O-]. The van der Waals surface area contributed by atoms with Crippen molar-refractivity contribution in [1.82, 2.24) is 0 Å². The quantitative estimate of drug-likeness (QED) is 0.443. The molecule has 0 fully saturated rings. The van der Waals surface area contributed by atoms with Crippen molar-refractivity contribution >= 4 is 22.9 Å². The van der Waals surface area contributed by atoms with Crippen LogP contribution in [0.4, 0.5) is 11.4 Å². The smallest absolute Gasteiger partial charge is 0.283 e. The fourth-order valence-electron chi connectivity index (χ4n) is 2.18. The number of carbonyl (C=O) groups is 2. The topological polar surface area (TPSA) is 130 Å². The maximum Gasteiger partial charge on any atom is 0.283 e. The van der Waals surface area contributed by atoms with Crippen LogP contribution < -0.4 is 4.74 Å². The zero-order chi connectivity index (χ0) is 18.7. The molecule has 9 nitrogen and oxygen atoms in total. The fourth-order valence-corrected chi connectivity index (χ4v) is 2.18. The highest BCUT2D eigenvalue weighted by atomic mass is 16.6. The lowest BCUT2D eigenvalue weighted by atomic mass is 10.1. The van der Waals surface area contributed by atoms with Crippen molar-refractivity contribution < 1.29 is 24.2 Å². The van der Waals surface area contributed by atoms with Gasteiger partial charge < -0.3 is 4.74 Å². The summed E-state index contributed by atoms with van der Waals surface area (Å²) in [5.41, 5.74) is -1.01. The van der Waals surface area contributed by atoms with Crippen LogP contribution in [0, 0.1) is 20.2 Å². The monoisotopic (exact) mass is 344 g/mol. The largest absolute Gasteiger partial charge is 0.457 e. The number of rotatable bonds is 6. The molecule has 0 bridgehead atoms. The van der Waals surface area contributed by atoms with Gasteiger partial charge in [0.1, 0.15) is 11.5 Å². The molecular weight excluding hydrogens is 332 g/mol. The predicted octanol–water partition coefficient (Wildman–Crippen LogP) is 3.70. The number of carbonyl (C=O) groups excluding carboxylic acids is 2. The van der Waals surface area contributed by atoms with E-state index in [4.69, 9.17) is 4.74 Å². The van der Waals surface area contributed by atoms with E-state index < -0.39 is 32.8 Å². The van der Waals surface area contributed by atoms with Gasteiger partial charge in [-0.25, -0.2) is 0 Å². The highest BCUT2D eigenvalue weighted by Gasteiger charge is 2.21. The zero-order valence-electron chi connectivity index (χ0n) is 13.2. The van der Waals surface area contributed by atoms with E-state index >= 15 is 0 Å². The summed E-state index contributed by atoms with van der Waals surface area (Å²) in [6, 6.07) is 7.29. The molecule has 25 heavy (non-hydrogen) atoms. The van der Waals surface area contributed by atoms with Gasteiger partial charge in [-0.2, -0.15) is 0 Å². The molecule has 2 aromatic rings. The molecule has 0 spiro atoms. The van der Waals surface area contributed by atoms with Crippen molar-refractivity contribution in [2.24, 2.45) is 0 Å². The number of nitro benzene ring substituents is 2. The van der Waals surface area contributed by atoms with Crippen molar-refractivity contribution in [3.63, 3.8) is 0 Å². The minimum atomic E-state index is -0.717. The lowest BCUT2D eigenvalue weighted by molar-refractivity contribution is -0.385. The van der Waals surface area contributed by atoms with Crippen LogP contribution in [0.1, 0.15) is 34.6 Å². The van der Waals surface area contributed by atoms with E-state index in [1.165, 1.54) is 38.1 Å².